The summed E-state index contributed by atoms with van der Waals surface area (Å²) in [4.78, 5) is 35.5. The second-order valence-corrected chi connectivity index (χ2v) is 7.20. The second-order valence-electron chi connectivity index (χ2n) is 5.83. The Morgan fingerprint density at radius 1 is 1.07 bits per heavy atom. The third kappa shape index (κ3) is 3.57. The first-order chi connectivity index (χ1) is 13.1. The van der Waals surface area contributed by atoms with Crippen molar-refractivity contribution >= 4 is 46.7 Å². The van der Waals surface area contributed by atoms with Crippen molar-refractivity contribution in [2.75, 3.05) is 0 Å². The Labute approximate surface area is 162 Å². The van der Waals surface area contributed by atoms with E-state index in [1.807, 2.05) is 53.9 Å². The molecule has 0 fully saturated rings. The fourth-order valence-corrected chi connectivity index (χ4v) is 3.66. The standard InChI is InChI=1S/C19H14N4O2S2/c24-17-15-16(23(19(25)22-17)11-12-5-2-1-3-6-12)20-14(21-18(15)26)9-8-13-7-4-10-27-13/h1-10H,11H2,(H,20,21,26)(H,22,24,25). The van der Waals surface area contributed by atoms with Crippen molar-refractivity contribution in [3.8, 4) is 0 Å². The Morgan fingerprint density at radius 2 is 1.89 bits per heavy atom. The molecule has 3 heterocycles. The SMILES string of the molecule is O=c1[nH]c(=O)n(Cc2ccccc2)c2[nH]c(C=Cc3cccs3)nc(=S)c12. The summed E-state index contributed by atoms with van der Waals surface area (Å²) in [5.74, 6) is 0.479. The monoisotopic (exact) mass is 394 g/mol. The van der Waals surface area contributed by atoms with Crippen LogP contribution < -0.4 is 11.2 Å². The van der Waals surface area contributed by atoms with Gasteiger partial charge in [-0.2, -0.15) is 0 Å². The first kappa shape index (κ1) is 17.3. The van der Waals surface area contributed by atoms with E-state index in [0.29, 0.717) is 18.0 Å². The number of aromatic nitrogens is 4. The molecule has 0 aliphatic rings. The van der Waals surface area contributed by atoms with Crippen LogP contribution in [-0.2, 0) is 6.54 Å². The zero-order valence-corrected chi connectivity index (χ0v) is 15.6. The molecule has 0 amide bonds. The van der Waals surface area contributed by atoms with Crippen molar-refractivity contribution in [2.45, 2.75) is 6.54 Å². The maximum absolute atomic E-state index is 12.4. The predicted octanol–water partition coefficient (Wildman–Crippen LogP) is 3.42. The molecule has 27 heavy (non-hydrogen) atoms. The number of H-pyrrole nitrogens is 2. The van der Waals surface area contributed by atoms with Gasteiger partial charge in [-0.3, -0.25) is 14.3 Å². The molecule has 4 rings (SSSR count). The van der Waals surface area contributed by atoms with Crippen LogP contribution in [0, 0.1) is 4.64 Å². The average molecular weight is 394 g/mol. The molecule has 3 aromatic heterocycles. The highest BCUT2D eigenvalue weighted by Gasteiger charge is 2.11. The lowest BCUT2D eigenvalue weighted by atomic mass is 10.2. The van der Waals surface area contributed by atoms with Gasteiger partial charge in [-0.05, 0) is 29.2 Å². The van der Waals surface area contributed by atoms with Crippen molar-refractivity contribution in [3.05, 3.63) is 89.6 Å². The molecule has 0 bridgehead atoms. The van der Waals surface area contributed by atoms with Gasteiger partial charge in [-0.15, -0.1) is 11.3 Å². The maximum Gasteiger partial charge on any atom is 0.330 e. The van der Waals surface area contributed by atoms with Crippen molar-refractivity contribution in [3.63, 3.8) is 0 Å². The summed E-state index contributed by atoms with van der Waals surface area (Å²) < 4.78 is 1.61. The van der Waals surface area contributed by atoms with Crippen LogP contribution in [-0.4, -0.2) is 19.5 Å². The van der Waals surface area contributed by atoms with E-state index in [1.165, 1.54) is 4.57 Å². The highest BCUT2D eigenvalue weighted by Crippen LogP contribution is 2.14. The lowest BCUT2D eigenvalue weighted by Gasteiger charge is -2.10. The third-order valence-corrected chi connectivity index (χ3v) is 5.15. The smallest absolute Gasteiger partial charge is 0.325 e. The number of aromatic amines is 2. The van der Waals surface area contributed by atoms with Gasteiger partial charge >= 0.3 is 5.69 Å². The maximum atomic E-state index is 12.4. The molecule has 0 atom stereocenters. The Bertz CT molecular complexity index is 1300. The number of hydrogen-bond acceptors (Lipinski definition) is 5. The number of fused-ring (bicyclic) bond motifs is 1. The molecule has 134 valence electrons. The highest BCUT2D eigenvalue weighted by atomic mass is 32.1. The first-order valence-corrected chi connectivity index (χ1v) is 9.43. The Morgan fingerprint density at radius 3 is 2.63 bits per heavy atom. The van der Waals surface area contributed by atoms with E-state index in [4.69, 9.17) is 12.2 Å². The van der Waals surface area contributed by atoms with Gasteiger partial charge in [0.2, 0.25) is 0 Å². The molecule has 0 radical (unpaired) electrons. The Hall–Kier alpha value is -3.10. The summed E-state index contributed by atoms with van der Waals surface area (Å²) in [6.07, 6.45) is 3.68. The number of thiophene rings is 1. The van der Waals surface area contributed by atoms with E-state index in [2.05, 4.69) is 15.0 Å². The zero-order valence-electron chi connectivity index (χ0n) is 14.0. The van der Waals surface area contributed by atoms with Crippen molar-refractivity contribution < 1.29 is 0 Å². The normalized spacial score (nSPS) is 11.4. The van der Waals surface area contributed by atoms with Gasteiger partial charge in [0.15, 0.2) is 0 Å². The largest absolute Gasteiger partial charge is 0.330 e. The van der Waals surface area contributed by atoms with E-state index < -0.39 is 11.2 Å². The van der Waals surface area contributed by atoms with Crippen LogP contribution in [0.25, 0.3) is 23.2 Å². The summed E-state index contributed by atoms with van der Waals surface area (Å²) in [6.45, 7) is 0.302. The first-order valence-electron chi connectivity index (χ1n) is 8.14. The van der Waals surface area contributed by atoms with Gasteiger partial charge in [0, 0.05) is 4.88 Å². The fourth-order valence-electron chi connectivity index (χ4n) is 2.76. The van der Waals surface area contributed by atoms with Crippen LogP contribution in [0.1, 0.15) is 16.3 Å². The van der Waals surface area contributed by atoms with Crippen LogP contribution in [0.5, 0.6) is 0 Å². The van der Waals surface area contributed by atoms with Crippen LogP contribution >= 0.6 is 23.6 Å². The highest BCUT2D eigenvalue weighted by molar-refractivity contribution is 7.71. The van der Waals surface area contributed by atoms with Crippen molar-refractivity contribution in [1.29, 1.82) is 0 Å². The van der Waals surface area contributed by atoms with Crippen LogP contribution in [0.15, 0.2) is 57.4 Å². The van der Waals surface area contributed by atoms with Gasteiger partial charge in [-0.25, -0.2) is 9.78 Å². The topological polar surface area (TPSA) is 83.5 Å². The molecule has 0 aliphatic carbocycles. The minimum atomic E-state index is -0.540. The molecule has 0 unspecified atom stereocenters. The van der Waals surface area contributed by atoms with E-state index in [1.54, 1.807) is 17.4 Å². The summed E-state index contributed by atoms with van der Waals surface area (Å²) in [5, 5.41) is 2.18. The molecule has 0 saturated carbocycles. The quantitative estimate of drug-likeness (QED) is 0.520. The summed E-state index contributed by atoms with van der Waals surface area (Å²) in [5.41, 5.74) is 0.251. The molecule has 1 aromatic carbocycles. The van der Waals surface area contributed by atoms with Gasteiger partial charge in [-0.1, -0.05) is 48.6 Å². The van der Waals surface area contributed by atoms with E-state index >= 15 is 0 Å². The predicted molar refractivity (Wildman–Crippen MR) is 111 cm³/mol. The Balaban J connectivity index is 1.90. The number of nitrogens with one attached hydrogen (secondary N) is 2. The van der Waals surface area contributed by atoms with Crippen LogP contribution in [0.2, 0.25) is 0 Å². The van der Waals surface area contributed by atoms with Crippen molar-refractivity contribution in [1.82, 2.24) is 19.5 Å². The van der Waals surface area contributed by atoms with E-state index in [0.717, 1.165) is 10.4 Å². The number of hydrogen-bond donors (Lipinski definition) is 2. The molecule has 0 aliphatic heterocycles. The third-order valence-electron chi connectivity index (χ3n) is 4.01. The van der Waals surface area contributed by atoms with Crippen LogP contribution in [0.4, 0.5) is 0 Å². The van der Waals surface area contributed by atoms with E-state index in [-0.39, 0.29) is 10.0 Å². The molecule has 4 aromatic rings. The summed E-state index contributed by atoms with van der Waals surface area (Å²) in [7, 11) is 0. The number of rotatable bonds is 4. The zero-order chi connectivity index (χ0) is 18.8. The summed E-state index contributed by atoms with van der Waals surface area (Å²) in [6, 6.07) is 13.5. The average Bonchev–Trinajstić information content (AvgIpc) is 3.17. The van der Waals surface area contributed by atoms with E-state index in [9.17, 15) is 9.59 Å². The molecule has 0 spiro atoms. The van der Waals surface area contributed by atoms with Gasteiger partial charge in [0.1, 0.15) is 21.5 Å². The van der Waals surface area contributed by atoms with Crippen LogP contribution in [0.3, 0.4) is 0 Å². The number of benzene rings is 1. The molecular formula is C19H14N4O2S2. The molecule has 8 heteroatoms. The number of nitrogens with zero attached hydrogens (tertiary/aromatic N) is 2. The molecule has 6 nitrogen and oxygen atoms in total. The minimum Gasteiger partial charge on any atom is -0.325 e. The lowest BCUT2D eigenvalue weighted by Crippen LogP contribution is -2.31. The fraction of sp³-hybridized carbons (Fsp3) is 0.0526. The molecular weight excluding hydrogens is 380 g/mol. The second kappa shape index (κ2) is 7.26. The van der Waals surface area contributed by atoms with Gasteiger partial charge in [0.25, 0.3) is 5.56 Å². The minimum absolute atomic E-state index is 0.151. The van der Waals surface area contributed by atoms with Gasteiger partial charge in [0.05, 0.1) is 6.54 Å². The van der Waals surface area contributed by atoms with Gasteiger partial charge < -0.3 is 4.98 Å². The summed E-state index contributed by atoms with van der Waals surface area (Å²) >= 11 is 6.91. The molecule has 2 N–H and O–H groups in total. The van der Waals surface area contributed by atoms with Crippen molar-refractivity contribution in [2.24, 2.45) is 0 Å². The Kier molecular flexibility index (Phi) is 4.66. The lowest BCUT2D eigenvalue weighted by molar-refractivity contribution is 0.743. The molecule has 0 saturated heterocycles.